The van der Waals surface area contributed by atoms with Crippen LogP contribution in [0.4, 0.5) is 0 Å². The van der Waals surface area contributed by atoms with E-state index in [-0.39, 0.29) is 23.8 Å². The largest absolute Gasteiger partial charge is 0.396 e. The van der Waals surface area contributed by atoms with Gasteiger partial charge in [0.2, 0.25) is 5.91 Å². The third-order valence-corrected chi connectivity index (χ3v) is 3.86. The fourth-order valence-corrected chi connectivity index (χ4v) is 2.45. The molecule has 4 nitrogen and oxygen atoms in total. The van der Waals surface area contributed by atoms with Crippen LogP contribution in [0, 0.1) is 11.3 Å². The number of hydrogen-bond acceptors (Lipinski definition) is 3. The predicted molar refractivity (Wildman–Crippen MR) is 68.4 cm³/mol. The van der Waals surface area contributed by atoms with E-state index in [4.69, 9.17) is 10.8 Å². The molecule has 1 unspecified atom stereocenters. The van der Waals surface area contributed by atoms with Gasteiger partial charge in [-0.25, -0.2) is 0 Å². The fraction of sp³-hybridized carbons (Fsp3) is 0.923. The summed E-state index contributed by atoms with van der Waals surface area (Å²) in [5, 5.41) is 11.9. The number of hydrogen-bond donors (Lipinski definition) is 3. The molecule has 1 aliphatic carbocycles. The van der Waals surface area contributed by atoms with Crippen molar-refractivity contribution in [3.8, 4) is 0 Å². The monoisotopic (exact) mass is 242 g/mol. The summed E-state index contributed by atoms with van der Waals surface area (Å²) in [6.07, 6.45) is 6.43. The molecule has 100 valence electrons. The van der Waals surface area contributed by atoms with Crippen LogP contribution < -0.4 is 11.1 Å². The zero-order valence-corrected chi connectivity index (χ0v) is 10.9. The van der Waals surface area contributed by atoms with Crippen molar-refractivity contribution in [1.82, 2.24) is 5.32 Å². The van der Waals surface area contributed by atoms with Gasteiger partial charge >= 0.3 is 0 Å². The second-order valence-electron chi connectivity index (χ2n) is 5.40. The SMILES string of the molecule is CC(CO)CNC(=O)C1(CN)CCCCCC1. The Bertz CT molecular complexity index is 236. The number of nitrogens with one attached hydrogen (secondary N) is 1. The number of amides is 1. The van der Waals surface area contributed by atoms with Gasteiger partial charge in [0.05, 0.1) is 5.41 Å². The van der Waals surface area contributed by atoms with Gasteiger partial charge in [-0.15, -0.1) is 0 Å². The van der Waals surface area contributed by atoms with E-state index in [0.29, 0.717) is 13.1 Å². The van der Waals surface area contributed by atoms with Crippen LogP contribution in [-0.4, -0.2) is 30.7 Å². The molecule has 4 N–H and O–H groups in total. The van der Waals surface area contributed by atoms with Crippen molar-refractivity contribution in [3.63, 3.8) is 0 Å². The van der Waals surface area contributed by atoms with Crippen LogP contribution in [0.2, 0.25) is 0 Å². The molecule has 0 aromatic carbocycles. The van der Waals surface area contributed by atoms with Crippen LogP contribution in [0.1, 0.15) is 45.4 Å². The Labute approximate surface area is 104 Å². The van der Waals surface area contributed by atoms with Crippen LogP contribution in [0.15, 0.2) is 0 Å². The first-order valence-electron chi connectivity index (χ1n) is 6.74. The number of aliphatic hydroxyl groups is 1. The van der Waals surface area contributed by atoms with Gasteiger partial charge < -0.3 is 16.2 Å². The van der Waals surface area contributed by atoms with Crippen molar-refractivity contribution in [1.29, 1.82) is 0 Å². The lowest BCUT2D eigenvalue weighted by molar-refractivity contribution is -0.131. The Hall–Kier alpha value is -0.610. The molecule has 1 aliphatic rings. The molecule has 0 aromatic rings. The average molecular weight is 242 g/mol. The van der Waals surface area contributed by atoms with Gasteiger partial charge in [0.15, 0.2) is 0 Å². The van der Waals surface area contributed by atoms with Gasteiger partial charge in [-0.05, 0) is 18.8 Å². The third kappa shape index (κ3) is 3.96. The number of carbonyl (C=O) groups is 1. The number of nitrogens with two attached hydrogens (primary N) is 1. The maximum absolute atomic E-state index is 12.3. The lowest BCUT2D eigenvalue weighted by Gasteiger charge is -2.30. The fourth-order valence-electron chi connectivity index (χ4n) is 2.45. The topological polar surface area (TPSA) is 75.3 Å². The van der Waals surface area contributed by atoms with Crippen molar-refractivity contribution in [2.45, 2.75) is 45.4 Å². The molecular weight excluding hydrogens is 216 g/mol. The summed E-state index contributed by atoms with van der Waals surface area (Å²) in [6.45, 7) is 3.00. The zero-order chi connectivity index (χ0) is 12.7. The Kier molecular flexibility index (Phi) is 5.92. The molecule has 1 amide bonds. The number of rotatable bonds is 5. The van der Waals surface area contributed by atoms with Crippen LogP contribution in [0.5, 0.6) is 0 Å². The molecule has 1 fully saturated rings. The van der Waals surface area contributed by atoms with E-state index in [1.165, 1.54) is 12.8 Å². The highest BCUT2D eigenvalue weighted by atomic mass is 16.3. The summed E-state index contributed by atoms with van der Waals surface area (Å²) in [5.74, 6) is 0.196. The van der Waals surface area contributed by atoms with E-state index >= 15 is 0 Å². The quantitative estimate of drug-likeness (QED) is 0.630. The second kappa shape index (κ2) is 6.97. The normalized spacial score (nSPS) is 21.6. The van der Waals surface area contributed by atoms with Crippen molar-refractivity contribution >= 4 is 5.91 Å². The van der Waals surface area contributed by atoms with E-state index in [2.05, 4.69) is 5.32 Å². The van der Waals surface area contributed by atoms with E-state index < -0.39 is 0 Å². The third-order valence-electron chi connectivity index (χ3n) is 3.86. The maximum Gasteiger partial charge on any atom is 0.227 e. The Morgan fingerprint density at radius 3 is 2.41 bits per heavy atom. The van der Waals surface area contributed by atoms with E-state index in [9.17, 15) is 4.79 Å². The second-order valence-corrected chi connectivity index (χ2v) is 5.40. The van der Waals surface area contributed by atoms with Crippen molar-refractivity contribution < 1.29 is 9.90 Å². The maximum atomic E-state index is 12.3. The Morgan fingerprint density at radius 1 is 1.35 bits per heavy atom. The molecule has 0 radical (unpaired) electrons. The smallest absolute Gasteiger partial charge is 0.227 e. The molecule has 0 aromatic heterocycles. The summed E-state index contributed by atoms with van der Waals surface area (Å²) in [6, 6.07) is 0. The van der Waals surface area contributed by atoms with Gasteiger partial charge in [0.25, 0.3) is 0 Å². The predicted octanol–water partition coefficient (Wildman–Crippen LogP) is 1.03. The first-order valence-corrected chi connectivity index (χ1v) is 6.74. The molecule has 0 aliphatic heterocycles. The lowest BCUT2D eigenvalue weighted by atomic mass is 9.79. The molecule has 1 saturated carbocycles. The molecule has 0 heterocycles. The van der Waals surface area contributed by atoms with Crippen LogP contribution >= 0.6 is 0 Å². The van der Waals surface area contributed by atoms with Crippen LogP contribution in [0.3, 0.4) is 0 Å². The van der Waals surface area contributed by atoms with Gasteiger partial charge in [-0.3, -0.25) is 4.79 Å². The molecule has 0 spiro atoms. The summed E-state index contributed by atoms with van der Waals surface area (Å²) < 4.78 is 0. The van der Waals surface area contributed by atoms with Crippen LogP contribution in [-0.2, 0) is 4.79 Å². The van der Waals surface area contributed by atoms with Crippen molar-refractivity contribution in [3.05, 3.63) is 0 Å². The van der Waals surface area contributed by atoms with E-state index in [1.54, 1.807) is 0 Å². The first-order chi connectivity index (χ1) is 8.14. The summed E-state index contributed by atoms with van der Waals surface area (Å²) in [5.41, 5.74) is 5.48. The van der Waals surface area contributed by atoms with E-state index in [1.807, 2.05) is 6.92 Å². The molecular formula is C13H26N2O2. The lowest BCUT2D eigenvalue weighted by Crippen LogP contribution is -2.47. The minimum Gasteiger partial charge on any atom is -0.396 e. The minimum absolute atomic E-state index is 0.0854. The zero-order valence-electron chi connectivity index (χ0n) is 10.9. The first kappa shape index (κ1) is 14.5. The van der Waals surface area contributed by atoms with Gasteiger partial charge in [-0.1, -0.05) is 32.6 Å². The average Bonchev–Trinajstić information content (AvgIpc) is 2.61. The van der Waals surface area contributed by atoms with E-state index in [0.717, 1.165) is 25.7 Å². The Morgan fingerprint density at radius 2 is 1.94 bits per heavy atom. The highest BCUT2D eigenvalue weighted by Crippen LogP contribution is 2.34. The highest BCUT2D eigenvalue weighted by Gasteiger charge is 2.36. The molecule has 1 rings (SSSR count). The summed E-state index contributed by atoms with van der Waals surface area (Å²) >= 11 is 0. The summed E-state index contributed by atoms with van der Waals surface area (Å²) in [4.78, 5) is 12.3. The summed E-state index contributed by atoms with van der Waals surface area (Å²) in [7, 11) is 0. The minimum atomic E-state index is -0.355. The molecule has 4 heteroatoms. The number of aliphatic hydroxyl groups excluding tert-OH is 1. The van der Waals surface area contributed by atoms with Gasteiger partial charge in [-0.2, -0.15) is 0 Å². The molecule has 1 atom stereocenters. The highest BCUT2D eigenvalue weighted by molar-refractivity contribution is 5.82. The molecule has 17 heavy (non-hydrogen) atoms. The Balaban J connectivity index is 2.55. The molecule has 0 saturated heterocycles. The van der Waals surface area contributed by atoms with Crippen molar-refractivity contribution in [2.75, 3.05) is 19.7 Å². The van der Waals surface area contributed by atoms with Gasteiger partial charge in [0.1, 0.15) is 0 Å². The molecule has 0 bridgehead atoms. The van der Waals surface area contributed by atoms with Crippen molar-refractivity contribution in [2.24, 2.45) is 17.1 Å². The number of carbonyl (C=O) groups excluding carboxylic acids is 1. The van der Waals surface area contributed by atoms with Gasteiger partial charge in [0, 0.05) is 19.7 Å². The standard InChI is InChI=1S/C13H26N2O2/c1-11(9-16)8-15-12(17)13(10-14)6-4-2-3-5-7-13/h11,16H,2-10,14H2,1H3,(H,15,17). The van der Waals surface area contributed by atoms with Crippen LogP contribution in [0.25, 0.3) is 0 Å².